The monoisotopic (exact) mass is 362 g/mol. The van der Waals surface area contributed by atoms with E-state index in [2.05, 4.69) is 10.3 Å². The summed E-state index contributed by atoms with van der Waals surface area (Å²) in [5, 5.41) is 2.14. The average Bonchev–Trinajstić information content (AvgIpc) is 2.95. The minimum atomic E-state index is -0.634. The molecule has 27 heavy (non-hydrogen) atoms. The standard InChI is InChI=1S/C19H14N4O4/c20-17-16-12(18(25)22-19(16)26)9-15(24)23(17)13-6-1-2-7-14(13)27-10-11-5-3-4-8-21-11/h1-9H,10,20H2,(H,22,25,26). The van der Waals surface area contributed by atoms with Crippen molar-refractivity contribution in [3.8, 4) is 11.4 Å². The molecule has 1 aromatic carbocycles. The molecule has 0 fully saturated rings. The zero-order valence-electron chi connectivity index (χ0n) is 14.0. The lowest BCUT2D eigenvalue weighted by atomic mass is 10.1. The van der Waals surface area contributed by atoms with E-state index in [-0.39, 0.29) is 23.6 Å². The number of hydrogen-bond acceptors (Lipinski definition) is 6. The third kappa shape index (κ3) is 2.82. The number of ether oxygens (including phenoxy) is 1. The SMILES string of the molecule is Nc1c2c(cc(=O)n1-c1ccccc1OCc1ccccn1)C(=O)NC2=O. The summed E-state index contributed by atoms with van der Waals surface area (Å²) in [6.45, 7) is 0.191. The number of nitrogens with one attached hydrogen (secondary N) is 1. The molecule has 2 aromatic heterocycles. The normalized spacial score (nSPS) is 12.6. The Morgan fingerprint density at radius 1 is 1.04 bits per heavy atom. The van der Waals surface area contributed by atoms with Crippen LogP contribution in [-0.4, -0.2) is 21.4 Å². The Morgan fingerprint density at radius 3 is 2.59 bits per heavy atom. The predicted molar refractivity (Wildman–Crippen MR) is 96.8 cm³/mol. The summed E-state index contributed by atoms with van der Waals surface area (Å²) < 4.78 is 6.97. The highest BCUT2D eigenvalue weighted by Crippen LogP contribution is 2.28. The molecular weight excluding hydrogens is 348 g/mol. The number of para-hydroxylation sites is 2. The van der Waals surface area contributed by atoms with Gasteiger partial charge in [-0.3, -0.25) is 29.3 Å². The van der Waals surface area contributed by atoms with Gasteiger partial charge >= 0.3 is 0 Å². The highest BCUT2D eigenvalue weighted by Gasteiger charge is 2.32. The number of hydrogen-bond donors (Lipinski definition) is 2. The topological polar surface area (TPSA) is 116 Å². The molecule has 0 bridgehead atoms. The van der Waals surface area contributed by atoms with Gasteiger partial charge in [-0.05, 0) is 24.3 Å². The molecular formula is C19H14N4O4. The summed E-state index contributed by atoms with van der Waals surface area (Å²) >= 11 is 0. The first kappa shape index (κ1) is 16.5. The van der Waals surface area contributed by atoms with Crippen molar-refractivity contribution in [2.24, 2.45) is 0 Å². The van der Waals surface area contributed by atoms with Gasteiger partial charge in [0.2, 0.25) is 0 Å². The minimum absolute atomic E-state index is 0.0147. The number of aromatic nitrogens is 2. The average molecular weight is 362 g/mol. The van der Waals surface area contributed by atoms with Crippen LogP contribution in [0.3, 0.4) is 0 Å². The van der Waals surface area contributed by atoms with Gasteiger partial charge in [0.25, 0.3) is 17.4 Å². The van der Waals surface area contributed by atoms with Crippen LogP contribution in [-0.2, 0) is 6.61 Å². The fraction of sp³-hybridized carbons (Fsp3) is 0.0526. The van der Waals surface area contributed by atoms with E-state index in [1.165, 1.54) is 0 Å². The number of nitrogens with two attached hydrogens (primary N) is 1. The summed E-state index contributed by atoms with van der Waals surface area (Å²) in [7, 11) is 0. The number of anilines is 1. The van der Waals surface area contributed by atoms with Crippen molar-refractivity contribution < 1.29 is 14.3 Å². The maximum atomic E-state index is 12.6. The number of nitrogen functional groups attached to an aromatic ring is 1. The molecule has 0 radical (unpaired) electrons. The van der Waals surface area contributed by atoms with Crippen LogP contribution in [0.25, 0.3) is 5.69 Å². The quantitative estimate of drug-likeness (QED) is 0.675. The number of rotatable bonds is 4. The van der Waals surface area contributed by atoms with Crippen molar-refractivity contribution >= 4 is 17.6 Å². The van der Waals surface area contributed by atoms with Crippen LogP contribution in [0.1, 0.15) is 26.4 Å². The molecule has 3 aromatic rings. The van der Waals surface area contributed by atoms with Crippen molar-refractivity contribution in [2.45, 2.75) is 6.61 Å². The Balaban J connectivity index is 1.79. The van der Waals surface area contributed by atoms with Gasteiger partial charge in [-0.2, -0.15) is 0 Å². The van der Waals surface area contributed by atoms with Gasteiger partial charge in [0.05, 0.1) is 22.5 Å². The van der Waals surface area contributed by atoms with Gasteiger partial charge < -0.3 is 10.5 Å². The number of carbonyl (C=O) groups is 2. The van der Waals surface area contributed by atoms with Crippen LogP contribution >= 0.6 is 0 Å². The van der Waals surface area contributed by atoms with Gasteiger partial charge in [0.1, 0.15) is 18.2 Å². The summed E-state index contributed by atoms with van der Waals surface area (Å²) in [5.41, 5.74) is 6.58. The van der Waals surface area contributed by atoms with Crippen LogP contribution in [0.4, 0.5) is 5.82 Å². The van der Waals surface area contributed by atoms with E-state index in [0.29, 0.717) is 17.1 Å². The van der Waals surface area contributed by atoms with Gasteiger partial charge in [-0.25, -0.2) is 0 Å². The van der Waals surface area contributed by atoms with Gasteiger partial charge in [0.15, 0.2) is 0 Å². The summed E-state index contributed by atoms with van der Waals surface area (Å²) in [6, 6.07) is 13.4. The zero-order chi connectivity index (χ0) is 19.0. The lowest BCUT2D eigenvalue weighted by Crippen LogP contribution is -2.24. The molecule has 0 saturated heterocycles. The maximum absolute atomic E-state index is 12.6. The van der Waals surface area contributed by atoms with Crippen molar-refractivity contribution in [3.63, 3.8) is 0 Å². The molecule has 1 aliphatic heterocycles. The fourth-order valence-corrected chi connectivity index (χ4v) is 2.93. The first-order chi connectivity index (χ1) is 13.1. The lowest BCUT2D eigenvalue weighted by molar-refractivity contribution is 0.0880. The molecule has 3 N–H and O–H groups in total. The van der Waals surface area contributed by atoms with Crippen molar-refractivity contribution in [2.75, 3.05) is 5.73 Å². The molecule has 1 aliphatic rings. The first-order valence-corrected chi connectivity index (χ1v) is 8.09. The molecule has 8 nitrogen and oxygen atoms in total. The van der Waals surface area contributed by atoms with E-state index in [0.717, 1.165) is 10.6 Å². The number of amides is 2. The Morgan fingerprint density at radius 2 is 1.81 bits per heavy atom. The molecule has 0 saturated carbocycles. The Labute approximate surface area is 153 Å². The molecule has 134 valence electrons. The highest BCUT2D eigenvalue weighted by atomic mass is 16.5. The summed E-state index contributed by atoms with van der Waals surface area (Å²) in [5.74, 6) is -0.991. The van der Waals surface area contributed by atoms with Crippen LogP contribution < -0.4 is 21.3 Å². The van der Waals surface area contributed by atoms with Crippen molar-refractivity contribution in [1.29, 1.82) is 0 Å². The summed E-state index contributed by atoms with van der Waals surface area (Å²) in [6.07, 6.45) is 1.66. The molecule has 4 rings (SSSR count). The van der Waals surface area contributed by atoms with Crippen LogP contribution in [0.2, 0.25) is 0 Å². The molecule has 8 heteroatoms. The number of fused-ring (bicyclic) bond motifs is 1. The molecule has 0 spiro atoms. The van der Waals surface area contributed by atoms with Crippen molar-refractivity contribution in [1.82, 2.24) is 14.9 Å². The van der Waals surface area contributed by atoms with Gasteiger partial charge in [-0.1, -0.05) is 18.2 Å². The van der Waals surface area contributed by atoms with Gasteiger partial charge in [-0.15, -0.1) is 0 Å². The third-order valence-electron chi connectivity index (χ3n) is 4.16. The van der Waals surface area contributed by atoms with E-state index < -0.39 is 17.4 Å². The predicted octanol–water partition coefficient (Wildman–Crippen LogP) is 1.28. The van der Waals surface area contributed by atoms with Crippen LogP contribution in [0, 0.1) is 0 Å². The van der Waals surface area contributed by atoms with E-state index in [9.17, 15) is 14.4 Å². The molecule has 0 aliphatic carbocycles. The van der Waals surface area contributed by atoms with E-state index >= 15 is 0 Å². The maximum Gasteiger partial charge on any atom is 0.262 e. The van der Waals surface area contributed by atoms with E-state index in [1.807, 2.05) is 12.1 Å². The molecule has 3 heterocycles. The smallest absolute Gasteiger partial charge is 0.262 e. The Bertz CT molecular complexity index is 1120. The zero-order valence-corrected chi connectivity index (χ0v) is 14.0. The van der Waals surface area contributed by atoms with Crippen LogP contribution in [0.15, 0.2) is 59.5 Å². The number of benzene rings is 1. The molecule has 0 unspecified atom stereocenters. The second-order valence-corrected chi connectivity index (χ2v) is 5.85. The Hall–Kier alpha value is -3.94. The Kier molecular flexibility index (Phi) is 3.92. The van der Waals surface area contributed by atoms with E-state index in [4.69, 9.17) is 10.5 Å². The summed E-state index contributed by atoms with van der Waals surface area (Å²) in [4.78, 5) is 40.6. The second kappa shape index (κ2) is 6.41. The largest absolute Gasteiger partial charge is 0.485 e. The van der Waals surface area contributed by atoms with E-state index in [1.54, 1.807) is 36.5 Å². The molecule has 2 amide bonds. The first-order valence-electron chi connectivity index (χ1n) is 8.09. The number of imide groups is 1. The van der Waals surface area contributed by atoms with Crippen LogP contribution in [0.5, 0.6) is 5.75 Å². The fourth-order valence-electron chi connectivity index (χ4n) is 2.93. The number of carbonyl (C=O) groups excluding carboxylic acids is 2. The lowest BCUT2D eigenvalue weighted by Gasteiger charge is -2.16. The van der Waals surface area contributed by atoms with Crippen molar-refractivity contribution in [3.05, 3.63) is 81.9 Å². The number of nitrogens with zero attached hydrogens (tertiary/aromatic N) is 2. The molecule has 0 atom stereocenters. The van der Waals surface area contributed by atoms with Gasteiger partial charge in [0, 0.05) is 12.3 Å². The second-order valence-electron chi connectivity index (χ2n) is 5.85. The minimum Gasteiger partial charge on any atom is -0.485 e. The third-order valence-corrected chi connectivity index (χ3v) is 4.16. The highest BCUT2D eigenvalue weighted by molar-refractivity contribution is 6.23. The number of pyridine rings is 2.